The van der Waals surface area contributed by atoms with Gasteiger partial charge in [0.25, 0.3) is 17.7 Å². The van der Waals surface area contributed by atoms with Gasteiger partial charge in [-0.25, -0.2) is 4.98 Å². The number of hydroxylamine groups is 2. The van der Waals surface area contributed by atoms with E-state index in [0.717, 1.165) is 11.1 Å². The lowest BCUT2D eigenvalue weighted by atomic mass is 9.93. The zero-order valence-electron chi connectivity index (χ0n) is 18.1. The average molecular weight is 481 g/mol. The summed E-state index contributed by atoms with van der Waals surface area (Å²) < 4.78 is 0. The van der Waals surface area contributed by atoms with Crippen LogP contribution in [0.15, 0.2) is 40.9 Å². The number of amides is 3. The summed E-state index contributed by atoms with van der Waals surface area (Å²) in [5.74, 6) is -1.80. The summed E-state index contributed by atoms with van der Waals surface area (Å²) >= 11 is 1.22. The molecule has 174 valence electrons. The number of imide groups is 1. The highest BCUT2D eigenvalue weighted by molar-refractivity contribution is 7.13. The van der Waals surface area contributed by atoms with Crippen molar-refractivity contribution in [1.82, 2.24) is 14.9 Å². The van der Waals surface area contributed by atoms with Crippen molar-refractivity contribution in [3.63, 3.8) is 0 Å². The molecule has 3 N–H and O–H groups in total. The highest BCUT2D eigenvalue weighted by Gasteiger charge is 2.34. The van der Waals surface area contributed by atoms with Crippen molar-refractivity contribution in [3.05, 3.63) is 52.5 Å². The molecule has 12 heteroatoms. The monoisotopic (exact) mass is 480 g/mol. The van der Waals surface area contributed by atoms with Crippen LogP contribution in [-0.2, 0) is 9.63 Å². The van der Waals surface area contributed by atoms with Gasteiger partial charge in [0, 0.05) is 48.0 Å². The molecular weight excluding hydrogens is 460 g/mol. The maximum absolute atomic E-state index is 13.1. The number of nitrogens with zero attached hydrogens (tertiary/aromatic N) is 5. The molecule has 0 aliphatic carbocycles. The van der Waals surface area contributed by atoms with Gasteiger partial charge >= 0.3 is 0 Å². The summed E-state index contributed by atoms with van der Waals surface area (Å²) in [6.07, 6.45) is 0. The van der Waals surface area contributed by atoms with Crippen LogP contribution in [0.25, 0.3) is 10.8 Å². The molecule has 3 amide bonds. The Morgan fingerprint density at radius 1 is 1.12 bits per heavy atom. The van der Waals surface area contributed by atoms with Gasteiger partial charge in [0.05, 0.1) is 11.1 Å². The number of anilines is 2. The van der Waals surface area contributed by atoms with Crippen LogP contribution in [0, 0.1) is 0 Å². The van der Waals surface area contributed by atoms with Crippen LogP contribution < -0.4 is 10.6 Å². The smallest absolute Gasteiger partial charge is 0.285 e. The van der Waals surface area contributed by atoms with Gasteiger partial charge in [-0.3, -0.25) is 19.6 Å². The fourth-order valence-electron chi connectivity index (χ4n) is 4.33. The second kappa shape index (κ2) is 8.39. The number of rotatable bonds is 4. The van der Waals surface area contributed by atoms with Crippen LogP contribution in [0.1, 0.15) is 26.4 Å². The van der Waals surface area contributed by atoms with Crippen molar-refractivity contribution in [3.8, 4) is 0 Å². The van der Waals surface area contributed by atoms with E-state index >= 15 is 0 Å². The van der Waals surface area contributed by atoms with Crippen LogP contribution in [0.5, 0.6) is 0 Å². The SMILES string of the molecule is CO/N=C(\C(=O)N1CCN(c2ccc3c4c(cccc24)C(=O)N(O)C3=O)CC1)c1csc(N)n1. The minimum absolute atomic E-state index is 0.0936. The predicted molar refractivity (Wildman–Crippen MR) is 125 cm³/mol. The predicted octanol–water partition coefficient (Wildman–Crippen LogP) is 1.56. The van der Waals surface area contributed by atoms with Crippen molar-refractivity contribution >= 4 is 56.4 Å². The van der Waals surface area contributed by atoms with Crippen LogP contribution >= 0.6 is 11.3 Å². The summed E-state index contributed by atoms with van der Waals surface area (Å²) in [5, 5.41) is 17.1. The standard InChI is InChI=1S/C22H20N6O5S/c1-33-25-18(15-11-34-22(23)24-15)21(31)27-9-7-26(8-10-27)16-6-5-14-17-12(16)3-2-4-13(17)19(29)28(32)20(14)30/h2-6,11,32H,7-10H2,1H3,(H2,23,24)/b25-18-. The lowest BCUT2D eigenvalue weighted by Crippen LogP contribution is -2.51. The van der Waals surface area contributed by atoms with Crippen LogP contribution in [0.3, 0.4) is 0 Å². The number of hydrogen-bond donors (Lipinski definition) is 2. The molecule has 5 rings (SSSR count). The first-order chi connectivity index (χ1) is 16.4. The summed E-state index contributed by atoms with van der Waals surface area (Å²) in [4.78, 5) is 50.7. The molecule has 1 aromatic heterocycles. The van der Waals surface area contributed by atoms with Gasteiger partial charge in [0.15, 0.2) is 10.8 Å². The number of carbonyl (C=O) groups is 3. The Kier molecular flexibility index (Phi) is 5.38. The second-order valence-corrected chi connectivity index (χ2v) is 8.64. The maximum atomic E-state index is 13.1. The number of nitrogens with two attached hydrogens (primary N) is 1. The molecule has 0 unspecified atom stereocenters. The molecule has 11 nitrogen and oxygen atoms in total. The summed E-state index contributed by atoms with van der Waals surface area (Å²) in [6.45, 7) is 1.90. The minimum atomic E-state index is -0.747. The molecule has 0 spiro atoms. The van der Waals surface area contributed by atoms with Crippen LogP contribution in [0.4, 0.5) is 10.8 Å². The van der Waals surface area contributed by atoms with Gasteiger partial charge < -0.3 is 20.4 Å². The Morgan fingerprint density at radius 3 is 2.47 bits per heavy atom. The number of piperazine rings is 1. The van der Waals surface area contributed by atoms with Gasteiger partial charge in [-0.2, -0.15) is 0 Å². The number of benzene rings is 2. The van der Waals surface area contributed by atoms with E-state index in [-0.39, 0.29) is 27.8 Å². The van der Waals surface area contributed by atoms with Crippen molar-refractivity contribution in [1.29, 1.82) is 0 Å². The highest BCUT2D eigenvalue weighted by atomic mass is 32.1. The first kappa shape index (κ1) is 21.8. The summed E-state index contributed by atoms with van der Waals surface area (Å²) in [6, 6.07) is 8.58. The molecule has 2 aliphatic rings. The topological polar surface area (TPSA) is 142 Å². The van der Waals surface area contributed by atoms with Gasteiger partial charge in [-0.1, -0.05) is 17.3 Å². The highest BCUT2D eigenvalue weighted by Crippen LogP contribution is 2.36. The Morgan fingerprint density at radius 2 is 1.82 bits per heavy atom. The first-order valence-electron chi connectivity index (χ1n) is 10.4. The van der Waals surface area contributed by atoms with Crippen LogP contribution in [-0.4, -0.2) is 76.9 Å². The van der Waals surface area contributed by atoms with Crippen molar-refractivity contribution in [2.24, 2.45) is 5.16 Å². The quantitative estimate of drug-likeness (QED) is 0.248. The molecular formula is C22H20N6O5S. The summed E-state index contributed by atoms with van der Waals surface area (Å²) in [5.41, 5.74) is 7.55. The normalized spacial score (nSPS) is 16.4. The lowest BCUT2D eigenvalue weighted by Gasteiger charge is -2.37. The number of thiazole rings is 1. The minimum Gasteiger partial charge on any atom is -0.398 e. The van der Waals surface area contributed by atoms with Crippen molar-refractivity contribution < 1.29 is 24.4 Å². The molecule has 2 aromatic carbocycles. The zero-order chi connectivity index (χ0) is 24.0. The van der Waals surface area contributed by atoms with Crippen molar-refractivity contribution in [2.75, 3.05) is 43.9 Å². The van der Waals surface area contributed by atoms with E-state index in [1.807, 2.05) is 6.07 Å². The van der Waals surface area contributed by atoms with Crippen LogP contribution in [0.2, 0.25) is 0 Å². The second-order valence-electron chi connectivity index (χ2n) is 7.76. The van der Waals surface area contributed by atoms with E-state index < -0.39 is 11.8 Å². The third-order valence-corrected chi connectivity index (χ3v) is 6.59. The molecule has 3 aromatic rings. The van der Waals surface area contributed by atoms with E-state index in [9.17, 15) is 19.6 Å². The fourth-order valence-corrected chi connectivity index (χ4v) is 4.87. The van der Waals surface area contributed by atoms with E-state index in [2.05, 4.69) is 15.0 Å². The molecule has 2 aliphatic heterocycles. The number of oxime groups is 1. The maximum Gasteiger partial charge on any atom is 0.285 e. The van der Waals surface area contributed by atoms with Gasteiger partial charge in [-0.05, 0) is 18.2 Å². The molecule has 34 heavy (non-hydrogen) atoms. The Balaban J connectivity index is 1.40. The largest absolute Gasteiger partial charge is 0.398 e. The molecule has 0 radical (unpaired) electrons. The molecule has 0 bridgehead atoms. The number of hydrogen-bond acceptors (Lipinski definition) is 10. The number of aromatic nitrogens is 1. The van der Waals surface area contributed by atoms with Gasteiger partial charge in [0.1, 0.15) is 12.8 Å². The Bertz CT molecular complexity index is 1340. The first-order valence-corrected chi connectivity index (χ1v) is 11.3. The van der Waals surface area contributed by atoms with Gasteiger partial charge in [0.2, 0.25) is 0 Å². The Labute approximate surface area is 197 Å². The lowest BCUT2D eigenvalue weighted by molar-refractivity contribution is -0.124. The zero-order valence-corrected chi connectivity index (χ0v) is 18.9. The van der Waals surface area contributed by atoms with E-state index in [0.29, 0.717) is 42.4 Å². The third-order valence-electron chi connectivity index (χ3n) is 5.92. The Hall–Kier alpha value is -4.03. The van der Waals surface area contributed by atoms with E-state index in [1.165, 1.54) is 18.4 Å². The van der Waals surface area contributed by atoms with Gasteiger partial charge in [-0.15, -0.1) is 16.4 Å². The average Bonchev–Trinajstić information content (AvgIpc) is 3.29. The van der Waals surface area contributed by atoms with E-state index in [1.54, 1.807) is 34.5 Å². The fraction of sp³-hybridized carbons (Fsp3) is 0.227. The van der Waals surface area contributed by atoms with E-state index in [4.69, 9.17) is 10.6 Å². The molecule has 1 saturated heterocycles. The summed E-state index contributed by atoms with van der Waals surface area (Å²) in [7, 11) is 1.37. The molecule has 0 atom stereocenters. The third kappa shape index (κ3) is 3.43. The number of nitrogen functional groups attached to an aromatic ring is 1. The van der Waals surface area contributed by atoms with Crippen molar-refractivity contribution in [2.45, 2.75) is 0 Å². The molecule has 0 saturated carbocycles. The number of carbonyl (C=O) groups excluding carboxylic acids is 3. The molecule has 1 fully saturated rings. The molecule has 3 heterocycles.